The van der Waals surface area contributed by atoms with Crippen LogP contribution in [0.1, 0.15) is 27.7 Å². The van der Waals surface area contributed by atoms with E-state index in [1.54, 1.807) is 0 Å². The molecule has 0 saturated carbocycles. The van der Waals surface area contributed by atoms with E-state index < -0.39 is 7.12 Å². The average molecular weight is 1120 g/mol. The van der Waals surface area contributed by atoms with Crippen LogP contribution in [0, 0.1) is 0 Å². The third-order valence-corrected chi connectivity index (χ3v) is 17.0. The summed E-state index contributed by atoms with van der Waals surface area (Å²) in [6.45, 7) is 8.31. The van der Waals surface area contributed by atoms with Crippen molar-refractivity contribution in [2.24, 2.45) is 0 Å². The quantitative estimate of drug-likeness (QED) is 0.109. The molecule has 0 aliphatic carbocycles. The number of hydrogen-bond donors (Lipinski definition) is 0. The van der Waals surface area contributed by atoms with Gasteiger partial charge in [-0.05, 0) is 92.5 Å². The van der Waals surface area contributed by atoms with E-state index in [2.05, 4.69) is 185 Å². The minimum absolute atomic E-state index is 0.378. The molecular weight excluding hydrogens is 1070 g/mol. The van der Waals surface area contributed by atoms with Crippen LogP contribution in [0.3, 0.4) is 0 Å². The molecule has 1 aliphatic rings. The van der Waals surface area contributed by atoms with Gasteiger partial charge in [0.05, 0.1) is 56.0 Å². The zero-order valence-corrected chi connectivity index (χ0v) is 48.4. The standard InChI is InChI=1S/C43H27N5.C34H29BN2O2/c1-4-12-28(13-5-1)36-26-25-35-38(44-36)27-24-34-33-18-10-11-19-37(33)45-40(39(34)35)29-20-22-32(23-21-29)43-47-41(30-14-6-2-7-15-30)46-42(48-43)31-16-8-3-9-17-31;1-33(2)34(3,4)39-35(38-33)24-16-14-23(15-17-24)32-31-26(25-12-8-9-13-29(25)37-32)18-21-30-27(31)19-20-28(36-30)22-10-6-5-7-11-22/h1-27H;5-21H,1-4H3. The van der Waals surface area contributed by atoms with Crippen LogP contribution in [0.4, 0.5) is 0 Å². The number of aromatic nitrogens is 7. The van der Waals surface area contributed by atoms with E-state index in [4.69, 9.17) is 44.2 Å². The highest BCUT2D eigenvalue weighted by Gasteiger charge is 2.51. The molecular formula is C77H56BN7O2. The second-order valence-corrected chi connectivity index (χ2v) is 23.0. The van der Waals surface area contributed by atoms with Crippen LogP contribution in [0.15, 0.2) is 267 Å². The molecule has 15 aromatic rings. The number of rotatable bonds is 8. The van der Waals surface area contributed by atoms with Crippen LogP contribution < -0.4 is 5.46 Å². The summed E-state index contributed by atoms with van der Waals surface area (Å²) in [5.41, 5.74) is 14.9. The Morgan fingerprint density at radius 1 is 0.253 bits per heavy atom. The number of hydrogen-bond acceptors (Lipinski definition) is 9. The van der Waals surface area contributed by atoms with Crippen LogP contribution in [0.25, 0.3) is 144 Å². The van der Waals surface area contributed by atoms with Crippen LogP contribution in [0.5, 0.6) is 0 Å². The van der Waals surface area contributed by atoms with E-state index in [0.717, 1.165) is 127 Å². The fraction of sp³-hybridized carbons (Fsp3) is 0.0779. The lowest BCUT2D eigenvalue weighted by molar-refractivity contribution is 0.00578. The molecule has 16 rings (SSSR count). The number of nitrogens with zero attached hydrogens (tertiary/aromatic N) is 7. The Bertz CT molecular complexity index is 5020. The Kier molecular flexibility index (Phi) is 13.3. The fourth-order valence-electron chi connectivity index (χ4n) is 11.8. The summed E-state index contributed by atoms with van der Waals surface area (Å²) in [5.74, 6) is 1.90. The van der Waals surface area contributed by atoms with E-state index in [1.807, 2.05) is 109 Å². The van der Waals surface area contributed by atoms with Crippen LogP contribution in [0.2, 0.25) is 0 Å². The third-order valence-electron chi connectivity index (χ3n) is 17.0. The van der Waals surface area contributed by atoms with Crippen molar-refractivity contribution in [3.8, 4) is 79.2 Å². The predicted molar refractivity (Wildman–Crippen MR) is 356 cm³/mol. The van der Waals surface area contributed by atoms with Crippen molar-refractivity contribution in [3.63, 3.8) is 0 Å². The van der Waals surface area contributed by atoms with Crippen molar-refractivity contribution in [3.05, 3.63) is 267 Å². The lowest BCUT2D eigenvalue weighted by atomic mass is 9.78. The summed E-state index contributed by atoms with van der Waals surface area (Å²) in [4.78, 5) is 35.2. The van der Waals surface area contributed by atoms with Gasteiger partial charge in [-0.2, -0.15) is 0 Å². The highest BCUT2D eigenvalue weighted by Crippen LogP contribution is 2.41. The van der Waals surface area contributed by atoms with Crippen molar-refractivity contribution in [2.45, 2.75) is 38.9 Å². The third kappa shape index (κ3) is 9.90. The Hall–Kier alpha value is -10.6. The highest BCUT2D eigenvalue weighted by molar-refractivity contribution is 6.62. The maximum atomic E-state index is 6.28. The first-order valence-electron chi connectivity index (χ1n) is 29.4. The first-order valence-corrected chi connectivity index (χ1v) is 29.4. The van der Waals surface area contributed by atoms with E-state index >= 15 is 0 Å². The van der Waals surface area contributed by atoms with Gasteiger partial charge >= 0.3 is 7.12 Å². The number of pyridine rings is 4. The minimum atomic E-state index is -0.396. The topological polar surface area (TPSA) is 109 Å². The molecule has 6 heterocycles. The molecule has 414 valence electrons. The molecule has 10 aromatic carbocycles. The van der Waals surface area contributed by atoms with E-state index in [-0.39, 0.29) is 11.2 Å². The Morgan fingerprint density at radius 2 is 0.575 bits per heavy atom. The number of fused-ring (bicyclic) bond motifs is 10. The molecule has 87 heavy (non-hydrogen) atoms. The normalized spacial score (nSPS) is 13.6. The average Bonchev–Trinajstić information content (AvgIpc) is 1.49. The Labute approximate surface area is 504 Å². The molecule has 1 aliphatic heterocycles. The number of para-hydroxylation sites is 2. The van der Waals surface area contributed by atoms with Gasteiger partial charge in [-0.1, -0.05) is 218 Å². The van der Waals surface area contributed by atoms with E-state index in [1.165, 1.54) is 5.39 Å². The fourth-order valence-corrected chi connectivity index (χ4v) is 11.8. The smallest absolute Gasteiger partial charge is 0.399 e. The molecule has 10 heteroatoms. The molecule has 0 bridgehead atoms. The minimum Gasteiger partial charge on any atom is -0.399 e. The second-order valence-electron chi connectivity index (χ2n) is 23.0. The van der Waals surface area contributed by atoms with Gasteiger partial charge in [-0.25, -0.2) is 34.9 Å². The summed E-state index contributed by atoms with van der Waals surface area (Å²) < 4.78 is 12.6. The van der Waals surface area contributed by atoms with Crippen LogP contribution in [-0.2, 0) is 9.31 Å². The van der Waals surface area contributed by atoms with Gasteiger partial charge in [0.25, 0.3) is 0 Å². The monoisotopic (exact) mass is 1120 g/mol. The van der Waals surface area contributed by atoms with Gasteiger partial charge in [0.15, 0.2) is 17.5 Å². The summed E-state index contributed by atoms with van der Waals surface area (Å²) >= 11 is 0. The molecule has 0 spiro atoms. The van der Waals surface area contributed by atoms with Crippen molar-refractivity contribution < 1.29 is 9.31 Å². The van der Waals surface area contributed by atoms with Gasteiger partial charge < -0.3 is 9.31 Å². The van der Waals surface area contributed by atoms with Crippen LogP contribution >= 0.6 is 0 Å². The zero-order valence-electron chi connectivity index (χ0n) is 48.4. The maximum absolute atomic E-state index is 6.28. The van der Waals surface area contributed by atoms with E-state index in [0.29, 0.717) is 17.5 Å². The zero-order chi connectivity index (χ0) is 58.6. The lowest BCUT2D eigenvalue weighted by Crippen LogP contribution is -2.41. The maximum Gasteiger partial charge on any atom is 0.494 e. The largest absolute Gasteiger partial charge is 0.494 e. The Morgan fingerprint density at radius 3 is 0.989 bits per heavy atom. The summed E-state index contributed by atoms with van der Waals surface area (Å²) in [5, 5.41) is 8.95. The summed E-state index contributed by atoms with van der Waals surface area (Å²) in [6.07, 6.45) is 0. The molecule has 0 atom stereocenters. The van der Waals surface area contributed by atoms with Gasteiger partial charge in [-0.3, -0.25) is 0 Å². The molecule has 0 N–H and O–H groups in total. The van der Waals surface area contributed by atoms with Crippen LogP contribution in [-0.4, -0.2) is 53.2 Å². The molecule has 0 amide bonds. The summed E-state index contributed by atoms with van der Waals surface area (Å²) in [7, 11) is -0.396. The van der Waals surface area contributed by atoms with Crippen molar-refractivity contribution >= 4 is 77.7 Å². The Balaban J connectivity index is 0.000000150. The molecule has 1 saturated heterocycles. The van der Waals surface area contributed by atoms with Crippen molar-refractivity contribution in [1.29, 1.82) is 0 Å². The molecule has 9 nitrogen and oxygen atoms in total. The highest BCUT2D eigenvalue weighted by atomic mass is 16.7. The molecule has 1 fully saturated rings. The number of benzene rings is 10. The molecule has 0 radical (unpaired) electrons. The predicted octanol–water partition coefficient (Wildman–Crippen LogP) is 18.0. The second kappa shape index (κ2) is 21.8. The van der Waals surface area contributed by atoms with Gasteiger partial charge in [0, 0.05) is 71.3 Å². The molecule has 0 unspecified atom stereocenters. The van der Waals surface area contributed by atoms with Crippen molar-refractivity contribution in [2.75, 3.05) is 0 Å². The van der Waals surface area contributed by atoms with Gasteiger partial charge in [0.1, 0.15) is 0 Å². The van der Waals surface area contributed by atoms with Crippen molar-refractivity contribution in [1.82, 2.24) is 34.9 Å². The first kappa shape index (κ1) is 53.1. The van der Waals surface area contributed by atoms with Gasteiger partial charge in [-0.15, -0.1) is 0 Å². The van der Waals surface area contributed by atoms with E-state index in [9.17, 15) is 0 Å². The SMILES string of the molecule is CC1(C)OB(c2ccc(-c3nc4ccccc4c4ccc5nc(-c6ccccc6)ccc5c34)cc2)OC1(C)C.c1ccc(-c2ccc3c(ccc4c5ccccc5nc(-c5ccc(-c6nc(-c7ccccc7)nc(-c7ccccc7)n6)cc5)c34)n2)cc1. The van der Waals surface area contributed by atoms with Gasteiger partial charge in [0.2, 0.25) is 0 Å². The first-order chi connectivity index (χ1) is 42.6. The lowest BCUT2D eigenvalue weighted by Gasteiger charge is -2.32. The molecule has 5 aromatic heterocycles. The summed E-state index contributed by atoms with van der Waals surface area (Å²) in [6, 6.07) is 91.4.